The standard InChI is InChI=1S/C13H12N4O2/c14-5-11(6-15)8-18-13-4-2-1-3-9(13)12(11,7-16)10(17)19-13/h9,17H,1-4,8H2/t9-,12+,13+/m1/s1. The van der Waals surface area contributed by atoms with Crippen LogP contribution in [0.15, 0.2) is 0 Å². The first-order chi connectivity index (χ1) is 9.11. The third-order valence-corrected chi connectivity index (χ3v) is 4.72. The summed E-state index contributed by atoms with van der Waals surface area (Å²) in [5.74, 6) is -1.65. The lowest BCUT2D eigenvalue weighted by Crippen LogP contribution is -2.59. The van der Waals surface area contributed by atoms with Gasteiger partial charge in [-0.05, 0) is 12.8 Å². The Balaban J connectivity index is 2.25. The highest BCUT2D eigenvalue weighted by molar-refractivity contribution is 5.89. The molecule has 0 aromatic heterocycles. The maximum absolute atomic E-state index is 9.64. The van der Waals surface area contributed by atoms with E-state index in [9.17, 15) is 15.8 Å². The van der Waals surface area contributed by atoms with E-state index in [1.54, 1.807) is 0 Å². The SMILES string of the molecule is N#CC1(C#N)CO[C@]23CCCC[C@@H]2[C@@]1(C#N)C(=N)O3. The number of rotatable bonds is 0. The molecule has 2 heterocycles. The largest absolute Gasteiger partial charge is 0.447 e. The van der Waals surface area contributed by atoms with Crippen LogP contribution in [0.3, 0.4) is 0 Å². The van der Waals surface area contributed by atoms with Crippen LogP contribution >= 0.6 is 0 Å². The Hall–Kier alpha value is -2.10. The van der Waals surface area contributed by atoms with Crippen LogP contribution in [-0.4, -0.2) is 18.3 Å². The Morgan fingerprint density at radius 2 is 1.89 bits per heavy atom. The van der Waals surface area contributed by atoms with Crippen molar-refractivity contribution in [2.75, 3.05) is 6.61 Å². The van der Waals surface area contributed by atoms with Crippen LogP contribution in [0.2, 0.25) is 0 Å². The van der Waals surface area contributed by atoms with Gasteiger partial charge in [-0.3, -0.25) is 5.41 Å². The van der Waals surface area contributed by atoms with Gasteiger partial charge in [0.15, 0.2) is 10.8 Å². The maximum Gasteiger partial charge on any atom is 0.217 e. The minimum Gasteiger partial charge on any atom is -0.447 e. The summed E-state index contributed by atoms with van der Waals surface area (Å²) in [5, 5.41) is 36.5. The smallest absolute Gasteiger partial charge is 0.217 e. The van der Waals surface area contributed by atoms with Gasteiger partial charge in [0.05, 0.1) is 30.7 Å². The number of hydrogen-bond donors (Lipinski definition) is 1. The number of nitriles is 3. The topological polar surface area (TPSA) is 114 Å². The van der Waals surface area contributed by atoms with Crippen LogP contribution < -0.4 is 0 Å². The molecule has 1 N–H and O–H groups in total. The van der Waals surface area contributed by atoms with Crippen LogP contribution in [0.5, 0.6) is 0 Å². The minimum atomic E-state index is -1.65. The van der Waals surface area contributed by atoms with Crippen molar-refractivity contribution < 1.29 is 9.47 Å². The third kappa shape index (κ3) is 1.06. The molecule has 1 aliphatic carbocycles. The molecule has 3 fully saturated rings. The highest BCUT2D eigenvalue weighted by Gasteiger charge is 2.77. The second-order valence-electron chi connectivity index (χ2n) is 5.38. The van der Waals surface area contributed by atoms with Crippen molar-refractivity contribution in [3.05, 3.63) is 0 Å². The first kappa shape index (κ1) is 12.0. The highest BCUT2D eigenvalue weighted by Crippen LogP contribution is 2.64. The first-order valence-corrected chi connectivity index (χ1v) is 6.26. The molecular formula is C13H12N4O2. The van der Waals surface area contributed by atoms with Crippen LogP contribution in [0.4, 0.5) is 0 Å². The molecule has 6 heteroatoms. The fourth-order valence-electron chi connectivity index (χ4n) is 3.72. The van der Waals surface area contributed by atoms with Crippen molar-refractivity contribution in [2.24, 2.45) is 16.7 Å². The zero-order valence-electron chi connectivity index (χ0n) is 10.3. The molecule has 96 valence electrons. The molecule has 3 aliphatic rings. The summed E-state index contributed by atoms with van der Waals surface area (Å²) < 4.78 is 11.3. The number of nitrogens with zero attached hydrogens (tertiary/aromatic N) is 3. The van der Waals surface area contributed by atoms with Crippen molar-refractivity contribution in [3.63, 3.8) is 0 Å². The van der Waals surface area contributed by atoms with Crippen LogP contribution in [0.25, 0.3) is 0 Å². The lowest BCUT2D eigenvalue weighted by atomic mass is 9.54. The average molecular weight is 256 g/mol. The van der Waals surface area contributed by atoms with Gasteiger partial charge >= 0.3 is 0 Å². The van der Waals surface area contributed by atoms with E-state index in [1.807, 2.05) is 12.1 Å². The first-order valence-electron chi connectivity index (χ1n) is 6.26. The van der Waals surface area contributed by atoms with Crippen LogP contribution in [0, 0.1) is 56.2 Å². The van der Waals surface area contributed by atoms with Crippen LogP contribution in [0.1, 0.15) is 25.7 Å². The molecule has 0 radical (unpaired) electrons. The van der Waals surface area contributed by atoms with Gasteiger partial charge in [0, 0.05) is 6.42 Å². The van der Waals surface area contributed by atoms with Crippen molar-refractivity contribution in [1.29, 1.82) is 21.2 Å². The molecule has 19 heavy (non-hydrogen) atoms. The van der Waals surface area contributed by atoms with Crippen LogP contribution in [-0.2, 0) is 9.47 Å². The quantitative estimate of drug-likeness (QED) is 0.704. The van der Waals surface area contributed by atoms with Gasteiger partial charge in [-0.2, -0.15) is 15.8 Å². The van der Waals surface area contributed by atoms with Gasteiger partial charge in [0.1, 0.15) is 0 Å². The lowest BCUT2D eigenvalue weighted by Gasteiger charge is -2.47. The minimum absolute atomic E-state index is 0.174. The fourth-order valence-corrected chi connectivity index (χ4v) is 3.72. The van der Waals surface area contributed by atoms with Gasteiger partial charge in [-0.1, -0.05) is 6.42 Å². The third-order valence-electron chi connectivity index (χ3n) is 4.72. The van der Waals surface area contributed by atoms with Gasteiger partial charge in [-0.15, -0.1) is 0 Å². The number of ether oxygens (including phenoxy) is 2. The van der Waals surface area contributed by atoms with Gasteiger partial charge < -0.3 is 9.47 Å². The Morgan fingerprint density at radius 3 is 2.53 bits per heavy atom. The summed E-state index contributed by atoms with van der Waals surface area (Å²) in [6.45, 7) is -0.174. The van der Waals surface area contributed by atoms with E-state index < -0.39 is 22.5 Å². The average Bonchev–Trinajstić information content (AvgIpc) is 2.65. The van der Waals surface area contributed by atoms with Gasteiger partial charge in [0.25, 0.3) is 0 Å². The maximum atomic E-state index is 9.64. The fraction of sp³-hybridized carbons (Fsp3) is 0.692. The molecule has 6 nitrogen and oxygen atoms in total. The second-order valence-corrected chi connectivity index (χ2v) is 5.38. The zero-order valence-corrected chi connectivity index (χ0v) is 10.3. The molecule has 2 saturated heterocycles. The van der Waals surface area contributed by atoms with E-state index in [4.69, 9.17) is 14.9 Å². The van der Waals surface area contributed by atoms with E-state index >= 15 is 0 Å². The zero-order chi connectivity index (χ0) is 13.7. The van der Waals surface area contributed by atoms with Gasteiger partial charge in [-0.25, -0.2) is 0 Å². The van der Waals surface area contributed by atoms with E-state index in [0.717, 1.165) is 12.8 Å². The summed E-state index contributed by atoms with van der Waals surface area (Å²) in [5.41, 5.74) is -3.14. The van der Waals surface area contributed by atoms with E-state index in [2.05, 4.69) is 6.07 Å². The van der Waals surface area contributed by atoms with E-state index in [-0.39, 0.29) is 12.5 Å². The molecular weight excluding hydrogens is 244 g/mol. The van der Waals surface area contributed by atoms with Crippen molar-refractivity contribution in [1.82, 2.24) is 0 Å². The molecule has 0 aromatic carbocycles. The number of hydrogen-bond acceptors (Lipinski definition) is 6. The molecule has 0 unspecified atom stereocenters. The molecule has 0 amide bonds. The summed E-state index contributed by atoms with van der Waals surface area (Å²) in [4.78, 5) is 0. The summed E-state index contributed by atoms with van der Waals surface area (Å²) in [7, 11) is 0. The Morgan fingerprint density at radius 1 is 1.16 bits per heavy atom. The summed E-state index contributed by atoms with van der Waals surface area (Å²) in [6.07, 6.45) is 3.04. The molecule has 2 aliphatic heterocycles. The molecule has 3 atom stereocenters. The van der Waals surface area contributed by atoms with E-state index in [0.29, 0.717) is 12.8 Å². The summed E-state index contributed by atoms with van der Waals surface area (Å²) in [6, 6.07) is 5.91. The predicted molar refractivity (Wildman–Crippen MR) is 61.2 cm³/mol. The van der Waals surface area contributed by atoms with Crippen molar-refractivity contribution in [2.45, 2.75) is 31.5 Å². The highest BCUT2D eigenvalue weighted by atomic mass is 16.7. The Bertz CT molecular complexity index is 567. The molecule has 2 bridgehead atoms. The monoisotopic (exact) mass is 256 g/mol. The Labute approximate surface area is 110 Å². The van der Waals surface area contributed by atoms with Gasteiger partial charge in [0.2, 0.25) is 11.7 Å². The number of nitrogens with one attached hydrogen (secondary N) is 1. The Kier molecular flexibility index (Phi) is 2.18. The lowest BCUT2D eigenvalue weighted by molar-refractivity contribution is -0.260. The second kappa shape index (κ2) is 3.47. The molecule has 0 spiro atoms. The molecule has 0 aromatic rings. The molecule has 1 saturated carbocycles. The normalized spacial score (nSPS) is 42.2. The predicted octanol–water partition coefficient (Wildman–Crippen LogP) is 1.45. The van der Waals surface area contributed by atoms with Crippen molar-refractivity contribution in [3.8, 4) is 18.2 Å². The van der Waals surface area contributed by atoms with Crippen molar-refractivity contribution >= 4 is 5.90 Å². The van der Waals surface area contributed by atoms with E-state index in [1.165, 1.54) is 0 Å². The molecule has 3 rings (SSSR count). The summed E-state index contributed by atoms with van der Waals surface area (Å²) >= 11 is 0.